The number of anilines is 2. The molecule has 0 aliphatic rings. The molecule has 0 atom stereocenters. The number of rotatable bonds is 12. The van der Waals surface area contributed by atoms with Gasteiger partial charge in [-0.15, -0.1) is 11.8 Å². The molecule has 0 heterocycles. The molecule has 0 saturated carbocycles. The monoisotopic (exact) mass is 625 g/mol. The average Bonchev–Trinajstić information content (AvgIpc) is 3.05. The summed E-state index contributed by atoms with van der Waals surface area (Å²) in [5.41, 5.74) is 4.30. The minimum atomic E-state index is -0.553. The molecule has 0 aliphatic heterocycles. The Balaban J connectivity index is 1.54. The molecule has 0 aliphatic carbocycles. The number of hydrogen-bond acceptors (Lipinski definition) is 7. The number of methoxy groups -OCH3 is 3. The molecule has 3 amide bonds. The fourth-order valence-corrected chi connectivity index (χ4v) is 5.13. The SMILES string of the molecule is COc1cc(/C=C(/NC(=O)c2ccccc2)C(=O)Nc2cccc(SCC(=O)Nc3cccc(C)c3C)c2)cc(OC)c1OC. The van der Waals surface area contributed by atoms with E-state index in [0.717, 1.165) is 21.7 Å². The van der Waals surface area contributed by atoms with Gasteiger partial charge in [-0.25, -0.2) is 0 Å². The van der Waals surface area contributed by atoms with Crippen LogP contribution in [0.25, 0.3) is 6.08 Å². The quantitative estimate of drug-likeness (QED) is 0.122. The van der Waals surface area contributed by atoms with E-state index in [0.29, 0.717) is 34.1 Å². The molecule has 232 valence electrons. The van der Waals surface area contributed by atoms with Gasteiger partial charge in [0.25, 0.3) is 11.8 Å². The Bertz CT molecular complexity index is 1700. The van der Waals surface area contributed by atoms with Gasteiger partial charge in [-0.1, -0.05) is 36.4 Å². The Kier molecular flexibility index (Phi) is 11.3. The third-order valence-corrected chi connectivity index (χ3v) is 7.86. The molecule has 9 nitrogen and oxygen atoms in total. The van der Waals surface area contributed by atoms with Crippen LogP contribution in [0.4, 0.5) is 11.4 Å². The molecule has 3 N–H and O–H groups in total. The molecule has 0 fully saturated rings. The highest BCUT2D eigenvalue weighted by molar-refractivity contribution is 8.00. The van der Waals surface area contributed by atoms with Gasteiger partial charge in [-0.3, -0.25) is 14.4 Å². The van der Waals surface area contributed by atoms with Crippen molar-refractivity contribution in [3.05, 3.63) is 113 Å². The number of nitrogens with one attached hydrogen (secondary N) is 3. The minimum absolute atomic E-state index is 0.0101. The Hall–Kier alpha value is -5.22. The van der Waals surface area contributed by atoms with Gasteiger partial charge in [0.05, 0.1) is 27.1 Å². The number of thioether (sulfide) groups is 1. The van der Waals surface area contributed by atoms with Gasteiger partial charge in [0.15, 0.2) is 11.5 Å². The zero-order valence-electron chi connectivity index (χ0n) is 25.7. The summed E-state index contributed by atoms with van der Waals surface area (Å²) < 4.78 is 16.3. The Morgan fingerprint density at radius 2 is 1.47 bits per heavy atom. The first-order valence-electron chi connectivity index (χ1n) is 14.0. The highest BCUT2D eigenvalue weighted by atomic mass is 32.2. The first-order chi connectivity index (χ1) is 21.7. The van der Waals surface area contributed by atoms with Crippen LogP contribution in [0.15, 0.2) is 95.5 Å². The maximum atomic E-state index is 13.6. The molecule has 4 rings (SSSR count). The van der Waals surface area contributed by atoms with E-state index in [2.05, 4.69) is 16.0 Å². The number of hydrogen-bond donors (Lipinski definition) is 3. The fourth-order valence-electron chi connectivity index (χ4n) is 4.38. The van der Waals surface area contributed by atoms with E-state index in [1.807, 2.05) is 38.1 Å². The predicted octanol–water partition coefficient (Wildman–Crippen LogP) is 6.47. The summed E-state index contributed by atoms with van der Waals surface area (Å²) in [6.07, 6.45) is 1.52. The first kappa shape index (κ1) is 32.7. The van der Waals surface area contributed by atoms with Crippen LogP contribution in [-0.2, 0) is 9.59 Å². The number of amides is 3. The predicted molar refractivity (Wildman–Crippen MR) is 178 cm³/mol. The lowest BCUT2D eigenvalue weighted by Gasteiger charge is -2.15. The summed E-state index contributed by atoms with van der Waals surface area (Å²) >= 11 is 1.34. The zero-order valence-corrected chi connectivity index (χ0v) is 26.5. The maximum absolute atomic E-state index is 13.6. The fraction of sp³-hybridized carbons (Fsp3) is 0.171. The molecule has 45 heavy (non-hydrogen) atoms. The molecule has 0 bridgehead atoms. The van der Waals surface area contributed by atoms with Crippen LogP contribution in [0.2, 0.25) is 0 Å². The second kappa shape index (κ2) is 15.5. The number of carbonyl (C=O) groups excluding carboxylic acids is 3. The van der Waals surface area contributed by atoms with E-state index >= 15 is 0 Å². The maximum Gasteiger partial charge on any atom is 0.272 e. The van der Waals surface area contributed by atoms with Gasteiger partial charge in [0.1, 0.15) is 5.70 Å². The highest BCUT2D eigenvalue weighted by Gasteiger charge is 2.18. The minimum Gasteiger partial charge on any atom is -0.493 e. The normalized spacial score (nSPS) is 10.9. The molecule has 10 heteroatoms. The summed E-state index contributed by atoms with van der Waals surface area (Å²) in [5.74, 6) is 0.221. The van der Waals surface area contributed by atoms with E-state index in [4.69, 9.17) is 14.2 Å². The average molecular weight is 626 g/mol. The van der Waals surface area contributed by atoms with E-state index in [9.17, 15) is 14.4 Å². The highest BCUT2D eigenvalue weighted by Crippen LogP contribution is 2.38. The molecular formula is C35H35N3O6S. The van der Waals surface area contributed by atoms with E-state index in [1.54, 1.807) is 60.7 Å². The van der Waals surface area contributed by atoms with Crippen molar-refractivity contribution in [2.24, 2.45) is 0 Å². The molecule has 4 aromatic carbocycles. The van der Waals surface area contributed by atoms with Crippen LogP contribution in [0.5, 0.6) is 17.2 Å². The molecule has 0 unspecified atom stereocenters. The first-order valence-corrected chi connectivity index (χ1v) is 15.0. The van der Waals surface area contributed by atoms with Crippen molar-refractivity contribution >= 4 is 46.9 Å². The molecular weight excluding hydrogens is 590 g/mol. The van der Waals surface area contributed by atoms with Gasteiger partial charge >= 0.3 is 0 Å². The Morgan fingerprint density at radius 1 is 0.778 bits per heavy atom. The molecule has 0 spiro atoms. The standard InChI is InChI=1S/C35H35N3O6S/c1-22-11-9-16-28(23(22)2)37-32(39)21-45-27-15-10-14-26(20-27)36-35(41)29(38-34(40)25-12-7-6-8-13-25)17-24-18-30(42-3)33(44-5)31(19-24)43-4/h6-20H,21H2,1-5H3,(H,36,41)(H,37,39)(H,38,40)/b29-17+. The van der Waals surface area contributed by atoms with Crippen LogP contribution in [0, 0.1) is 13.8 Å². The second-order valence-corrected chi connectivity index (χ2v) is 11.0. The Labute approximate surface area is 267 Å². The lowest BCUT2D eigenvalue weighted by Crippen LogP contribution is -2.30. The number of carbonyl (C=O) groups is 3. The van der Waals surface area contributed by atoms with Crippen LogP contribution in [0.1, 0.15) is 27.0 Å². The van der Waals surface area contributed by atoms with Crippen molar-refractivity contribution in [2.75, 3.05) is 37.7 Å². The van der Waals surface area contributed by atoms with Crippen LogP contribution >= 0.6 is 11.8 Å². The molecule has 0 saturated heterocycles. The zero-order chi connectivity index (χ0) is 32.3. The van der Waals surface area contributed by atoms with Gasteiger partial charge in [-0.05, 0) is 85.1 Å². The topological polar surface area (TPSA) is 115 Å². The van der Waals surface area contributed by atoms with E-state index in [-0.39, 0.29) is 17.4 Å². The third kappa shape index (κ3) is 8.67. The summed E-state index contributed by atoms with van der Waals surface area (Å²) in [7, 11) is 4.49. The number of benzene rings is 4. The van der Waals surface area contributed by atoms with Crippen molar-refractivity contribution in [3.8, 4) is 17.2 Å². The van der Waals surface area contributed by atoms with E-state index < -0.39 is 11.8 Å². The lowest BCUT2D eigenvalue weighted by molar-refractivity contribution is -0.114. The molecule has 0 radical (unpaired) electrons. The van der Waals surface area contributed by atoms with Crippen molar-refractivity contribution < 1.29 is 28.6 Å². The molecule has 0 aromatic heterocycles. The van der Waals surface area contributed by atoms with Crippen molar-refractivity contribution in [1.82, 2.24) is 5.32 Å². The molecule has 4 aromatic rings. The van der Waals surface area contributed by atoms with Gasteiger partial charge in [-0.2, -0.15) is 0 Å². The van der Waals surface area contributed by atoms with Crippen LogP contribution < -0.4 is 30.2 Å². The second-order valence-electron chi connectivity index (χ2n) is 9.90. The smallest absolute Gasteiger partial charge is 0.272 e. The van der Waals surface area contributed by atoms with E-state index in [1.165, 1.54) is 39.2 Å². The van der Waals surface area contributed by atoms with Crippen molar-refractivity contribution in [3.63, 3.8) is 0 Å². The van der Waals surface area contributed by atoms with Crippen molar-refractivity contribution in [2.45, 2.75) is 18.7 Å². The van der Waals surface area contributed by atoms with Crippen LogP contribution in [-0.4, -0.2) is 44.8 Å². The van der Waals surface area contributed by atoms with Gasteiger partial charge < -0.3 is 30.2 Å². The Morgan fingerprint density at radius 3 is 2.13 bits per heavy atom. The van der Waals surface area contributed by atoms with Gasteiger partial charge in [0, 0.05) is 21.8 Å². The summed E-state index contributed by atoms with van der Waals surface area (Å²) in [6, 6.07) is 24.8. The van der Waals surface area contributed by atoms with Gasteiger partial charge in [0.2, 0.25) is 11.7 Å². The summed E-state index contributed by atoms with van der Waals surface area (Å²) in [5, 5.41) is 8.55. The van der Waals surface area contributed by atoms with Crippen LogP contribution in [0.3, 0.4) is 0 Å². The number of ether oxygens (including phenoxy) is 3. The largest absolute Gasteiger partial charge is 0.493 e. The van der Waals surface area contributed by atoms with Crippen molar-refractivity contribution in [1.29, 1.82) is 0 Å². The summed E-state index contributed by atoms with van der Waals surface area (Å²) in [4.78, 5) is 40.1. The number of aryl methyl sites for hydroxylation is 1. The lowest BCUT2D eigenvalue weighted by atomic mass is 10.1. The summed E-state index contributed by atoms with van der Waals surface area (Å²) in [6.45, 7) is 3.97. The third-order valence-electron chi connectivity index (χ3n) is 6.87.